The molecule has 0 fully saturated rings. The van der Waals surface area contributed by atoms with Gasteiger partial charge in [0.1, 0.15) is 5.82 Å². The highest BCUT2D eigenvalue weighted by atomic mass is 19.1. The third-order valence-corrected chi connectivity index (χ3v) is 2.89. The van der Waals surface area contributed by atoms with Crippen LogP contribution >= 0.6 is 0 Å². The summed E-state index contributed by atoms with van der Waals surface area (Å²) < 4.78 is 32.6. The van der Waals surface area contributed by atoms with E-state index in [-0.39, 0.29) is 29.9 Å². The standard InChI is InChI=1S/C16H18F2N2O/c1-10(2)21-16-8-15(14(19)7-13(16)18)20-9-11-5-3-4-6-12(11)17/h3-8,10,20H,9,19H2,1-2H3. The predicted octanol–water partition coefficient (Wildman–Crippen LogP) is 3.95. The molecule has 0 aliphatic carbocycles. The van der Waals surface area contributed by atoms with Crippen LogP contribution in [0.15, 0.2) is 36.4 Å². The monoisotopic (exact) mass is 292 g/mol. The minimum Gasteiger partial charge on any atom is -0.488 e. The van der Waals surface area contributed by atoms with E-state index < -0.39 is 5.82 Å². The molecule has 3 N–H and O–H groups in total. The molecule has 3 nitrogen and oxygen atoms in total. The summed E-state index contributed by atoms with van der Waals surface area (Å²) in [6, 6.07) is 9.12. The van der Waals surface area contributed by atoms with Crippen molar-refractivity contribution in [2.45, 2.75) is 26.5 Å². The number of halogens is 2. The van der Waals surface area contributed by atoms with Crippen molar-refractivity contribution < 1.29 is 13.5 Å². The Hall–Kier alpha value is -2.30. The minimum atomic E-state index is -0.516. The maximum atomic E-state index is 13.7. The van der Waals surface area contributed by atoms with Crippen LogP contribution in [-0.2, 0) is 6.54 Å². The Labute approximate surface area is 122 Å². The number of hydrogen-bond donors (Lipinski definition) is 2. The summed E-state index contributed by atoms with van der Waals surface area (Å²) in [4.78, 5) is 0. The molecule has 0 amide bonds. The quantitative estimate of drug-likeness (QED) is 0.820. The summed E-state index contributed by atoms with van der Waals surface area (Å²) in [5, 5.41) is 3.00. The van der Waals surface area contributed by atoms with Gasteiger partial charge < -0.3 is 15.8 Å². The normalized spacial score (nSPS) is 10.7. The molecule has 2 aromatic carbocycles. The van der Waals surface area contributed by atoms with Crippen LogP contribution in [0.3, 0.4) is 0 Å². The Bertz CT molecular complexity index is 630. The Balaban J connectivity index is 2.18. The van der Waals surface area contributed by atoms with E-state index in [9.17, 15) is 8.78 Å². The molecule has 0 saturated heterocycles. The zero-order valence-electron chi connectivity index (χ0n) is 12.0. The average Bonchev–Trinajstić information content (AvgIpc) is 2.41. The van der Waals surface area contributed by atoms with Gasteiger partial charge in [-0.05, 0) is 19.9 Å². The number of ether oxygens (including phenoxy) is 1. The van der Waals surface area contributed by atoms with E-state index in [4.69, 9.17) is 10.5 Å². The van der Waals surface area contributed by atoms with Gasteiger partial charge >= 0.3 is 0 Å². The fourth-order valence-corrected chi connectivity index (χ4v) is 1.90. The Morgan fingerprint density at radius 2 is 1.86 bits per heavy atom. The Kier molecular flexibility index (Phi) is 4.62. The SMILES string of the molecule is CC(C)Oc1cc(NCc2ccccc2F)c(N)cc1F. The molecule has 0 atom stereocenters. The largest absolute Gasteiger partial charge is 0.488 e. The van der Waals surface area contributed by atoms with Gasteiger partial charge in [0.2, 0.25) is 0 Å². The molecule has 0 aliphatic rings. The molecule has 112 valence electrons. The van der Waals surface area contributed by atoms with Gasteiger partial charge in [-0.2, -0.15) is 0 Å². The van der Waals surface area contributed by atoms with Crippen molar-refractivity contribution in [3.8, 4) is 5.75 Å². The van der Waals surface area contributed by atoms with E-state index in [1.807, 2.05) is 13.8 Å². The molecule has 21 heavy (non-hydrogen) atoms. The lowest BCUT2D eigenvalue weighted by Crippen LogP contribution is -2.09. The third-order valence-electron chi connectivity index (χ3n) is 2.89. The third kappa shape index (κ3) is 3.84. The summed E-state index contributed by atoms with van der Waals surface area (Å²) in [6.45, 7) is 3.87. The number of nitrogen functional groups attached to an aromatic ring is 1. The van der Waals surface area contributed by atoms with Crippen molar-refractivity contribution in [3.05, 3.63) is 53.6 Å². The number of rotatable bonds is 5. The van der Waals surface area contributed by atoms with Gasteiger partial charge in [-0.3, -0.25) is 0 Å². The number of benzene rings is 2. The molecule has 0 bridgehead atoms. The first-order chi connectivity index (χ1) is 9.97. The van der Waals surface area contributed by atoms with Crippen LogP contribution in [0.5, 0.6) is 5.75 Å². The average molecular weight is 292 g/mol. The summed E-state index contributed by atoms with van der Waals surface area (Å²) in [5.74, 6) is -0.697. The zero-order valence-corrected chi connectivity index (χ0v) is 12.0. The zero-order chi connectivity index (χ0) is 15.4. The van der Waals surface area contributed by atoms with Crippen molar-refractivity contribution in [2.24, 2.45) is 0 Å². The molecule has 0 unspecified atom stereocenters. The molecule has 0 radical (unpaired) electrons. The first kappa shape index (κ1) is 15.1. The van der Waals surface area contributed by atoms with Gasteiger partial charge in [0.05, 0.1) is 17.5 Å². The Morgan fingerprint density at radius 1 is 1.14 bits per heavy atom. The summed E-state index contributed by atoms with van der Waals surface area (Å²) >= 11 is 0. The van der Waals surface area contributed by atoms with Crippen LogP contribution in [0.4, 0.5) is 20.2 Å². The molecular weight excluding hydrogens is 274 g/mol. The molecule has 2 aromatic rings. The number of nitrogens with one attached hydrogen (secondary N) is 1. The number of anilines is 2. The fraction of sp³-hybridized carbons (Fsp3) is 0.250. The number of nitrogens with two attached hydrogens (primary N) is 1. The lowest BCUT2D eigenvalue weighted by atomic mass is 10.2. The van der Waals surface area contributed by atoms with Gasteiger partial charge in [0, 0.05) is 24.2 Å². The van der Waals surface area contributed by atoms with Gasteiger partial charge in [-0.15, -0.1) is 0 Å². The minimum absolute atomic E-state index is 0.121. The first-order valence-corrected chi connectivity index (χ1v) is 6.70. The van der Waals surface area contributed by atoms with Crippen molar-refractivity contribution in [3.63, 3.8) is 0 Å². The van der Waals surface area contributed by atoms with Crippen LogP contribution in [0, 0.1) is 11.6 Å². The van der Waals surface area contributed by atoms with Crippen molar-refractivity contribution >= 4 is 11.4 Å². The van der Waals surface area contributed by atoms with Crippen LogP contribution in [0.2, 0.25) is 0 Å². The second-order valence-corrected chi connectivity index (χ2v) is 4.98. The predicted molar refractivity (Wildman–Crippen MR) is 80.3 cm³/mol. The lowest BCUT2D eigenvalue weighted by Gasteiger charge is -2.15. The molecule has 2 rings (SSSR count). The van der Waals surface area contributed by atoms with Crippen LogP contribution < -0.4 is 15.8 Å². The Morgan fingerprint density at radius 3 is 2.52 bits per heavy atom. The topological polar surface area (TPSA) is 47.3 Å². The van der Waals surface area contributed by atoms with Crippen molar-refractivity contribution in [2.75, 3.05) is 11.1 Å². The molecule has 0 spiro atoms. The number of hydrogen-bond acceptors (Lipinski definition) is 3. The van der Waals surface area contributed by atoms with Crippen LogP contribution in [0.25, 0.3) is 0 Å². The van der Waals surface area contributed by atoms with Gasteiger partial charge in [-0.1, -0.05) is 18.2 Å². The maximum absolute atomic E-state index is 13.7. The fourth-order valence-electron chi connectivity index (χ4n) is 1.90. The smallest absolute Gasteiger partial charge is 0.167 e. The van der Waals surface area contributed by atoms with Crippen molar-refractivity contribution in [1.29, 1.82) is 0 Å². The summed E-state index contributed by atoms with van der Waals surface area (Å²) in [5.41, 5.74) is 7.04. The van der Waals surface area contributed by atoms with E-state index >= 15 is 0 Å². The maximum Gasteiger partial charge on any atom is 0.167 e. The molecule has 0 aromatic heterocycles. The molecule has 0 saturated carbocycles. The highest BCUT2D eigenvalue weighted by Gasteiger charge is 2.11. The van der Waals surface area contributed by atoms with Crippen LogP contribution in [-0.4, -0.2) is 6.10 Å². The van der Waals surface area contributed by atoms with E-state index in [1.165, 1.54) is 18.2 Å². The van der Waals surface area contributed by atoms with E-state index in [1.54, 1.807) is 18.2 Å². The van der Waals surface area contributed by atoms with Crippen molar-refractivity contribution in [1.82, 2.24) is 0 Å². The second-order valence-electron chi connectivity index (χ2n) is 4.98. The highest BCUT2D eigenvalue weighted by Crippen LogP contribution is 2.29. The first-order valence-electron chi connectivity index (χ1n) is 6.70. The van der Waals surface area contributed by atoms with Gasteiger partial charge in [0.25, 0.3) is 0 Å². The van der Waals surface area contributed by atoms with E-state index in [0.29, 0.717) is 11.3 Å². The highest BCUT2D eigenvalue weighted by molar-refractivity contribution is 5.68. The lowest BCUT2D eigenvalue weighted by molar-refractivity contribution is 0.231. The summed E-state index contributed by atoms with van der Waals surface area (Å²) in [7, 11) is 0. The van der Waals surface area contributed by atoms with Crippen LogP contribution in [0.1, 0.15) is 19.4 Å². The second kappa shape index (κ2) is 6.43. The molecular formula is C16H18F2N2O. The molecule has 5 heteroatoms. The van der Waals surface area contributed by atoms with Gasteiger partial charge in [0.15, 0.2) is 11.6 Å². The van der Waals surface area contributed by atoms with Gasteiger partial charge in [-0.25, -0.2) is 8.78 Å². The summed E-state index contributed by atoms with van der Waals surface area (Å²) in [6.07, 6.45) is -0.150. The van der Waals surface area contributed by atoms with E-state index in [2.05, 4.69) is 5.32 Å². The molecule has 0 aliphatic heterocycles. The van der Waals surface area contributed by atoms with E-state index in [0.717, 1.165) is 0 Å². The molecule has 0 heterocycles.